The Labute approximate surface area is 87.4 Å². The van der Waals surface area contributed by atoms with Gasteiger partial charge in [-0.3, -0.25) is 9.59 Å². The number of furan rings is 1. The molecule has 0 unspecified atom stereocenters. The minimum Gasteiger partial charge on any atom is -0.461 e. The van der Waals surface area contributed by atoms with Crippen molar-refractivity contribution < 1.29 is 18.7 Å². The number of hydrogen-bond acceptors (Lipinski definition) is 4. The lowest BCUT2D eigenvalue weighted by Gasteiger charge is -1.99. The van der Waals surface area contributed by atoms with Crippen LogP contribution in [0.15, 0.2) is 16.5 Å². The molecule has 0 radical (unpaired) electrons. The summed E-state index contributed by atoms with van der Waals surface area (Å²) < 4.78 is 10.0. The molecule has 0 aliphatic heterocycles. The fraction of sp³-hybridized carbons (Fsp3) is 0.400. The molecule has 0 saturated heterocycles. The third-order valence-electron chi connectivity index (χ3n) is 1.65. The minimum absolute atomic E-state index is 0.118. The summed E-state index contributed by atoms with van der Waals surface area (Å²) in [5, 5.41) is 2.60. The molecule has 0 atom stereocenters. The lowest BCUT2D eigenvalue weighted by molar-refractivity contribution is -0.142. The number of rotatable bonds is 4. The second-order valence-electron chi connectivity index (χ2n) is 3.06. The smallest absolute Gasteiger partial charge is 0.303 e. The van der Waals surface area contributed by atoms with Gasteiger partial charge in [0.2, 0.25) is 5.91 Å². The maximum Gasteiger partial charge on any atom is 0.303 e. The van der Waals surface area contributed by atoms with E-state index in [9.17, 15) is 9.59 Å². The van der Waals surface area contributed by atoms with E-state index in [-0.39, 0.29) is 18.5 Å². The van der Waals surface area contributed by atoms with E-state index in [0.29, 0.717) is 18.1 Å². The number of carbonyl (C=O) groups is 2. The summed E-state index contributed by atoms with van der Waals surface area (Å²) in [6, 6.07) is 3.44. The first-order valence-electron chi connectivity index (χ1n) is 4.53. The van der Waals surface area contributed by atoms with E-state index < -0.39 is 0 Å². The summed E-state index contributed by atoms with van der Waals surface area (Å²) in [5.41, 5.74) is 0. The zero-order chi connectivity index (χ0) is 11.3. The van der Waals surface area contributed by atoms with Crippen LogP contribution in [-0.4, -0.2) is 11.9 Å². The third kappa shape index (κ3) is 4.30. The summed E-state index contributed by atoms with van der Waals surface area (Å²) in [7, 11) is 0. The zero-order valence-electron chi connectivity index (χ0n) is 8.70. The average molecular weight is 211 g/mol. The SMILES string of the molecule is CC(=O)NCc1ccc(COC(C)=O)o1. The monoisotopic (exact) mass is 211 g/mol. The van der Waals surface area contributed by atoms with Gasteiger partial charge < -0.3 is 14.5 Å². The van der Waals surface area contributed by atoms with Crippen molar-refractivity contribution >= 4 is 11.9 Å². The summed E-state index contributed by atoms with van der Waals surface area (Å²) in [5.74, 6) is 0.723. The van der Waals surface area contributed by atoms with Crippen LogP contribution < -0.4 is 5.32 Å². The van der Waals surface area contributed by atoms with E-state index in [1.54, 1.807) is 12.1 Å². The van der Waals surface area contributed by atoms with Crippen LogP contribution in [-0.2, 0) is 27.5 Å². The molecule has 1 rings (SSSR count). The average Bonchev–Trinajstić information content (AvgIpc) is 2.59. The van der Waals surface area contributed by atoms with Gasteiger partial charge in [0.15, 0.2) is 0 Å². The number of ether oxygens (including phenoxy) is 1. The Bertz CT molecular complexity index is 324. The van der Waals surface area contributed by atoms with Gasteiger partial charge in [-0.2, -0.15) is 0 Å². The van der Waals surface area contributed by atoms with Crippen LogP contribution in [0.1, 0.15) is 25.4 Å². The number of carbonyl (C=O) groups excluding carboxylic acids is 2. The second kappa shape index (κ2) is 5.19. The van der Waals surface area contributed by atoms with Gasteiger partial charge in [0, 0.05) is 13.8 Å². The Morgan fingerprint density at radius 2 is 2.00 bits per heavy atom. The predicted molar refractivity (Wildman–Crippen MR) is 51.7 cm³/mol. The fourth-order valence-electron chi connectivity index (χ4n) is 0.979. The lowest BCUT2D eigenvalue weighted by atomic mass is 10.4. The molecule has 0 aromatic carbocycles. The molecule has 0 spiro atoms. The highest BCUT2D eigenvalue weighted by molar-refractivity contribution is 5.72. The molecule has 0 aliphatic carbocycles. The van der Waals surface area contributed by atoms with Gasteiger partial charge in [-0.1, -0.05) is 0 Å². The second-order valence-corrected chi connectivity index (χ2v) is 3.06. The number of amides is 1. The topological polar surface area (TPSA) is 68.5 Å². The van der Waals surface area contributed by atoms with Gasteiger partial charge in [-0.25, -0.2) is 0 Å². The number of hydrogen-bond donors (Lipinski definition) is 1. The summed E-state index contributed by atoms with van der Waals surface area (Å²) in [6.07, 6.45) is 0. The highest BCUT2D eigenvalue weighted by Gasteiger charge is 2.03. The largest absolute Gasteiger partial charge is 0.461 e. The Hall–Kier alpha value is -1.78. The highest BCUT2D eigenvalue weighted by atomic mass is 16.5. The van der Waals surface area contributed by atoms with E-state index in [1.807, 2.05) is 0 Å². The molecule has 1 N–H and O–H groups in total. The van der Waals surface area contributed by atoms with Crippen LogP contribution in [0.4, 0.5) is 0 Å². The predicted octanol–water partition coefficient (Wildman–Crippen LogP) is 0.979. The van der Waals surface area contributed by atoms with E-state index in [1.165, 1.54) is 13.8 Å². The molecule has 82 valence electrons. The third-order valence-corrected chi connectivity index (χ3v) is 1.65. The van der Waals surface area contributed by atoms with Crippen LogP contribution in [0.25, 0.3) is 0 Å². The number of nitrogens with one attached hydrogen (secondary N) is 1. The molecule has 5 nitrogen and oxygen atoms in total. The molecule has 1 amide bonds. The van der Waals surface area contributed by atoms with Gasteiger partial charge in [-0.15, -0.1) is 0 Å². The van der Waals surface area contributed by atoms with Crippen molar-refractivity contribution in [3.8, 4) is 0 Å². The first kappa shape index (κ1) is 11.3. The molecule has 1 heterocycles. The van der Waals surface area contributed by atoms with Crippen LogP contribution in [0, 0.1) is 0 Å². The van der Waals surface area contributed by atoms with Gasteiger partial charge in [0.1, 0.15) is 18.1 Å². The molecule has 1 aromatic heterocycles. The molecule has 5 heteroatoms. The molecule has 0 fully saturated rings. The van der Waals surface area contributed by atoms with Crippen molar-refractivity contribution in [1.29, 1.82) is 0 Å². The molecular formula is C10H13NO4. The first-order chi connectivity index (χ1) is 7.08. The molecule has 1 aromatic rings. The van der Waals surface area contributed by atoms with Gasteiger partial charge >= 0.3 is 5.97 Å². The van der Waals surface area contributed by atoms with Crippen molar-refractivity contribution in [1.82, 2.24) is 5.32 Å². The Kier molecular flexibility index (Phi) is 3.91. The van der Waals surface area contributed by atoms with Crippen molar-refractivity contribution in [3.05, 3.63) is 23.7 Å². The van der Waals surface area contributed by atoms with Crippen LogP contribution in [0.5, 0.6) is 0 Å². The van der Waals surface area contributed by atoms with Crippen LogP contribution in [0.2, 0.25) is 0 Å². The van der Waals surface area contributed by atoms with Crippen LogP contribution >= 0.6 is 0 Å². The van der Waals surface area contributed by atoms with Crippen molar-refractivity contribution in [2.45, 2.75) is 27.0 Å². The molecule has 0 aliphatic rings. The van der Waals surface area contributed by atoms with E-state index in [0.717, 1.165) is 0 Å². The van der Waals surface area contributed by atoms with E-state index in [2.05, 4.69) is 5.32 Å². The quantitative estimate of drug-likeness (QED) is 0.754. The summed E-state index contributed by atoms with van der Waals surface area (Å²) in [4.78, 5) is 21.1. The van der Waals surface area contributed by atoms with Crippen molar-refractivity contribution in [2.75, 3.05) is 0 Å². The summed E-state index contributed by atoms with van der Waals surface area (Å²) in [6.45, 7) is 3.23. The Morgan fingerprint density at radius 1 is 1.33 bits per heavy atom. The summed E-state index contributed by atoms with van der Waals surface area (Å²) >= 11 is 0. The molecule has 0 saturated carbocycles. The van der Waals surface area contributed by atoms with Gasteiger partial charge in [0.25, 0.3) is 0 Å². The highest BCUT2D eigenvalue weighted by Crippen LogP contribution is 2.08. The Balaban J connectivity index is 2.41. The van der Waals surface area contributed by atoms with Crippen molar-refractivity contribution in [2.24, 2.45) is 0 Å². The standard InChI is InChI=1S/C10H13NO4/c1-7(12)11-5-9-3-4-10(15-9)6-14-8(2)13/h3-4H,5-6H2,1-2H3,(H,11,12). The lowest BCUT2D eigenvalue weighted by Crippen LogP contribution is -2.18. The number of esters is 1. The maximum absolute atomic E-state index is 10.6. The van der Waals surface area contributed by atoms with E-state index >= 15 is 0 Å². The van der Waals surface area contributed by atoms with Crippen molar-refractivity contribution in [3.63, 3.8) is 0 Å². The van der Waals surface area contributed by atoms with Gasteiger partial charge in [-0.05, 0) is 12.1 Å². The zero-order valence-corrected chi connectivity index (χ0v) is 8.70. The fourth-order valence-corrected chi connectivity index (χ4v) is 0.979. The van der Waals surface area contributed by atoms with Gasteiger partial charge in [0.05, 0.1) is 6.54 Å². The molecule has 0 bridgehead atoms. The minimum atomic E-state index is -0.352. The van der Waals surface area contributed by atoms with E-state index in [4.69, 9.17) is 9.15 Å². The first-order valence-corrected chi connectivity index (χ1v) is 4.53. The Morgan fingerprint density at radius 3 is 2.60 bits per heavy atom. The maximum atomic E-state index is 10.6. The van der Waals surface area contributed by atoms with Crippen LogP contribution in [0.3, 0.4) is 0 Å². The normalized spacial score (nSPS) is 9.73. The molecular weight excluding hydrogens is 198 g/mol. The molecule has 15 heavy (non-hydrogen) atoms.